The zero-order valence-electron chi connectivity index (χ0n) is 17.0. The molecule has 2 aromatic carbocycles. The first kappa shape index (κ1) is 20.8. The van der Waals surface area contributed by atoms with Crippen molar-refractivity contribution in [1.82, 2.24) is 10.6 Å². The second-order valence-electron chi connectivity index (χ2n) is 8.04. The third-order valence-electron chi connectivity index (χ3n) is 5.83. The molecule has 160 valence electrons. The molecule has 30 heavy (non-hydrogen) atoms. The van der Waals surface area contributed by atoms with Crippen molar-refractivity contribution in [3.05, 3.63) is 59.4 Å². The lowest BCUT2D eigenvalue weighted by Gasteiger charge is -2.32. The molecule has 1 spiro atoms. The van der Waals surface area contributed by atoms with Crippen LogP contribution in [-0.2, 0) is 11.2 Å². The van der Waals surface area contributed by atoms with Gasteiger partial charge < -0.3 is 25.8 Å². The number of ether oxygens (including phenoxy) is 2. The maximum Gasteiger partial charge on any atom is 0.254 e. The highest BCUT2D eigenvalue weighted by Gasteiger charge is 2.41. The number of nitrogens with two attached hydrogens (primary N) is 1. The van der Waals surface area contributed by atoms with Crippen LogP contribution in [0.5, 0.6) is 11.5 Å². The Bertz CT molecular complexity index is 882. The van der Waals surface area contributed by atoms with Crippen molar-refractivity contribution in [2.75, 3.05) is 26.2 Å². The smallest absolute Gasteiger partial charge is 0.254 e. The van der Waals surface area contributed by atoms with Gasteiger partial charge in [0.15, 0.2) is 0 Å². The van der Waals surface area contributed by atoms with Crippen molar-refractivity contribution in [2.24, 2.45) is 5.73 Å². The van der Waals surface area contributed by atoms with Gasteiger partial charge >= 0.3 is 0 Å². The highest BCUT2D eigenvalue weighted by molar-refractivity contribution is 5.95. The number of halogens is 1. The molecule has 0 saturated carbocycles. The number of carbonyl (C=O) groups excluding carboxylic acids is 1. The molecule has 7 heteroatoms. The number of carbonyl (C=O) groups is 1. The van der Waals surface area contributed by atoms with E-state index in [0.717, 1.165) is 44.3 Å². The SMILES string of the molecule is NCCc1ccc(Oc2ccc(F)c(C(=O)NC3COC4(CCNCC4)C3)c2)cc1. The van der Waals surface area contributed by atoms with E-state index in [1.165, 1.54) is 18.2 Å². The van der Waals surface area contributed by atoms with Gasteiger partial charge in [-0.05, 0) is 81.2 Å². The summed E-state index contributed by atoms with van der Waals surface area (Å²) in [6, 6.07) is 11.6. The summed E-state index contributed by atoms with van der Waals surface area (Å²) in [5, 5.41) is 6.25. The van der Waals surface area contributed by atoms with E-state index in [9.17, 15) is 9.18 Å². The van der Waals surface area contributed by atoms with Crippen LogP contribution < -0.4 is 21.1 Å². The first-order valence-electron chi connectivity index (χ1n) is 10.5. The standard InChI is InChI=1S/C23H28FN3O3/c24-21-6-5-19(30-18-3-1-16(2-4-18)7-10-25)13-20(21)22(28)27-17-14-23(29-15-17)8-11-26-12-9-23/h1-6,13,17,26H,7-12,14-15,25H2,(H,27,28). The monoisotopic (exact) mass is 413 g/mol. The molecule has 1 amide bonds. The average molecular weight is 413 g/mol. The fraction of sp³-hybridized carbons (Fsp3) is 0.435. The summed E-state index contributed by atoms with van der Waals surface area (Å²) in [6.45, 7) is 2.88. The molecule has 0 bridgehead atoms. The third-order valence-corrected chi connectivity index (χ3v) is 5.83. The minimum atomic E-state index is -0.575. The molecular formula is C23H28FN3O3. The highest BCUT2D eigenvalue weighted by Crippen LogP contribution is 2.34. The van der Waals surface area contributed by atoms with Gasteiger partial charge in [0, 0.05) is 0 Å². The highest BCUT2D eigenvalue weighted by atomic mass is 19.1. The lowest BCUT2D eigenvalue weighted by molar-refractivity contribution is -0.0194. The van der Waals surface area contributed by atoms with E-state index < -0.39 is 11.7 Å². The van der Waals surface area contributed by atoms with Crippen LogP contribution in [0.4, 0.5) is 4.39 Å². The molecule has 4 N–H and O–H groups in total. The summed E-state index contributed by atoms with van der Waals surface area (Å²) in [7, 11) is 0. The van der Waals surface area contributed by atoms with Gasteiger partial charge in [-0.2, -0.15) is 0 Å². The van der Waals surface area contributed by atoms with Crippen molar-refractivity contribution in [3.63, 3.8) is 0 Å². The molecule has 2 heterocycles. The van der Waals surface area contributed by atoms with E-state index >= 15 is 0 Å². The fourth-order valence-electron chi connectivity index (χ4n) is 4.20. The fourth-order valence-corrected chi connectivity index (χ4v) is 4.20. The van der Waals surface area contributed by atoms with Crippen molar-refractivity contribution < 1.29 is 18.7 Å². The molecule has 0 aliphatic carbocycles. The van der Waals surface area contributed by atoms with Gasteiger partial charge in [0.2, 0.25) is 0 Å². The van der Waals surface area contributed by atoms with Crippen LogP contribution in [0, 0.1) is 5.82 Å². The van der Waals surface area contributed by atoms with E-state index in [0.29, 0.717) is 24.7 Å². The van der Waals surface area contributed by atoms with Gasteiger partial charge in [-0.1, -0.05) is 12.1 Å². The van der Waals surface area contributed by atoms with Crippen molar-refractivity contribution >= 4 is 5.91 Å². The number of hydrogen-bond donors (Lipinski definition) is 3. The minimum Gasteiger partial charge on any atom is -0.457 e. The van der Waals surface area contributed by atoms with Crippen molar-refractivity contribution in [3.8, 4) is 11.5 Å². The second-order valence-corrected chi connectivity index (χ2v) is 8.04. The summed E-state index contributed by atoms with van der Waals surface area (Å²) in [5.74, 6) is 0.000805. The molecular weight excluding hydrogens is 385 g/mol. The molecule has 2 aliphatic heterocycles. The molecule has 1 atom stereocenters. The largest absolute Gasteiger partial charge is 0.457 e. The Hall–Kier alpha value is -2.48. The Kier molecular flexibility index (Phi) is 6.32. The topological polar surface area (TPSA) is 85.6 Å². The first-order chi connectivity index (χ1) is 14.6. The molecule has 2 aromatic rings. The lowest BCUT2D eigenvalue weighted by Crippen LogP contribution is -2.43. The summed E-state index contributed by atoms with van der Waals surface area (Å²) >= 11 is 0. The predicted octanol–water partition coefficient (Wildman–Crippen LogP) is 2.76. The van der Waals surface area contributed by atoms with E-state index in [1.807, 2.05) is 24.3 Å². The van der Waals surface area contributed by atoms with Crippen LogP contribution in [0.25, 0.3) is 0 Å². The van der Waals surface area contributed by atoms with Gasteiger partial charge in [-0.15, -0.1) is 0 Å². The maximum atomic E-state index is 14.4. The molecule has 2 fully saturated rings. The normalized spacial score (nSPS) is 20.3. The zero-order chi connectivity index (χ0) is 21.0. The van der Waals surface area contributed by atoms with Gasteiger partial charge in [-0.25, -0.2) is 4.39 Å². The molecule has 4 rings (SSSR count). The molecule has 1 unspecified atom stereocenters. The van der Waals surface area contributed by atoms with E-state index in [1.54, 1.807) is 0 Å². The van der Waals surface area contributed by atoms with Gasteiger partial charge in [-0.3, -0.25) is 4.79 Å². The Morgan fingerprint density at radius 2 is 1.93 bits per heavy atom. The van der Waals surface area contributed by atoms with Crippen LogP contribution in [0.2, 0.25) is 0 Å². The molecule has 0 aromatic heterocycles. The Balaban J connectivity index is 1.40. The molecule has 2 aliphatic rings. The molecule has 0 radical (unpaired) electrons. The quantitative estimate of drug-likeness (QED) is 0.678. The molecule has 2 saturated heterocycles. The number of rotatable bonds is 6. The number of nitrogens with one attached hydrogen (secondary N) is 2. The number of benzene rings is 2. The predicted molar refractivity (Wildman–Crippen MR) is 112 cm³/mol. The van der Waals surface area contributed by atoms with Crippen molar-refractivity contribution in [1.29, 1.82) is 0 Å². The third kappa shape index (κ3) is 4.80. The van der Waals surface area contributed by atoms with Crippen LogP contribution in [-0.4, -0.2) is 43.8 Å². The number of amides is 1. The van der Waals surface area contributed by atoms with Crippen LogP contribution >= 0.6 is 0 Å². The van der Waals surface area contributed by atoms with E-state index in [4.69, 9.17) is 15.2 Å². The summed E-state index contributed by atoms with van der Waals surface area (Å²) < 4.78 is 26.2. The summed E-state index contributed by atoms with van der Waals surface area (Å²) in [4.78, 5) is 12.7. The second kappa shape index (κ2) is 9.12. The van der Waals surface area contributed by atoms with Gasteiger partial charge in [0.25, 0.3) is 5.91 Å². The Morgan fingerprint density at radius 3 is 2.67 bits per heavy atom. The van der Waals surface area contributed by atoms with Crippen LogP contribution in [0.15, 0.2) is 42.5 Å². The molecule has 6 nitrogen and oxygen atoms in total. The van der Waals surface area contributed by atoms with Gasteiger partial charge in [0.05, 0.1) is 23.8 Å². The maximum absolute atomic E-state index is 14.4. The zero-order valence-corrected chi connectivity index (χ0v) is 17.0. The van der Waals surface area contributed by atoms with Crippen LogP contribution in [0.3, 0.4) is 0 Å². The minimum absolute atomic E-state index is 0.0292. The summed E-state index contributed by atoms with van der Waals surface area (Å²) in [5.41, 5.74) is 6.49. The Labute approximate surface area is 175 Å². The van der Waals surface area contributed by atoms with E-state index in [-0.39, 0.29) is 17.2 Å². The van der Waals surface area contributed by atoms with Crippen LogP contribution in [0.1, 0.15) is 35.2 Å². The number of piperidine rings is 1. The van der Waals surface area contributed by atoms with E-state index in [2.05, 4.69) is 10.6 Å². The number of hydrogen-bond acceptors (Lipinski definition) is 5. The van der Waals surface area contributed by atoms with Crippen molar-refractivity contribution in [2.45, 2.75) is 37.3 Å². The van der Waals surface area contributed by atoms with Gasteiger partial charge in [0.1, 0.15) is 17.3 Å². The lowest BCUT2D eigenvalue weighted by atomic mass is 9.88. The summed E-state index contributed by atoms with van der Waals surface area (Å²) in [6.07, 6.45) is 3.42. The average Bonchev–Trinajstić information content (AvgIpc) is 3.13. The Morgan fingerprint density at radius 1 is 1.20 bits per heavy atom. The first-order valence-corrected chi connectivity index (χ1v) is 10.5.